The first-order valence-corrected chi connectivity index (χ1v) is 6.62. The molecule has 1 unspecified atom stereocenters. The summed E-state index contributed by atoms with van der Waals surface area (Å²) in [5.74, 6) is 0. The lowest BCUT2D eigenvalue weighted by Gasteiger charge is -2.12. The first-order valence-electron chi connectivity index (χ1n) is 6.62. The van der Waals surface area contributed by atoms with Gasteiger partial charge >= 0.3 is 0 Å². The summed E-state index contributed by atoms with van der Waals surface area (Å²) >= 11 is 0. The fraction of sp³-hybridized carbons (Fsp3) is 1.00. The van der Waals surface area contributed by atoms with Crippen LogP contribution in [0.1, 0.15) is 59.3 Å². The fourth-order valence-electron chi connectivity index (χ4n) is 1.48. The summed E-state index contributed by atoms with van der Waals surface area (Å²) in [6, 6.07) is 0.667. The third kappa shape index (κ3) is 11.8. The van der Waals surface area contributed by atoms with Crippen LogP contribution in [0.25, 0.3) is 0 Å². The number of hydrogen-bond acceptors (Lipinski definition) is 2. The van der Waals surface area contributed by atoms with Crippen LogP contribution in [0, 0.1) is 0 Å². The van der Waals surface area contributed by atoms with Gasteiger partial charge in [0.2, 0.25) is 0 Å². The van der Waals surface area contributed by atoms with Crippen molar-refractivity contribution in [2.45, 2.75) is 65.3 Å². The van der Waals surface area contributed by atoms with Crippen molar-refractivity contribution in [3.63, 3.8) is 0 Å². The maximum Gasteiger partial charge on any atom is 0.0478 e. The summed E-state index contributed by atoms with van der Waals surface area (Å²) in [5, 5.41) is 3.53. The van der Waals surface area contributed by atoms with Gasteiger partial charge in [0.1, 0.15) is 0 Å². The van der Waals surface area contributed by atoms with E-state index >= 15 is 0 Å². The summed E-state index contributed by atoms with van der Waals surface area (Å²) < 4.78 is 5.50. The Bertz CT molecular complexity index is 117. The van der Waals surface area contributed by atoms with E-state index in [9.17, 15) is 0 Å². The second kappa shape index (κ2) is 12.0. The molecule has 1 atom stereocenters. The lowest BCUT2D eigenvalue weighted by molar-refractivity contribution is 0.128. The van der Waals surface area contributed by atoms with Crippen LogP contribution in [0.5, 0.6) is 0 Å². The molecule has 1 N–H and O–H groups in total. The molecule has 0 bridgehead atoms. The van der Waals surface area contributed by atoms with Crippen molar-refractivity contribution in [1.82, 2.24) is 5.32 Å². The van der Waals surface area contributed by atoms with Gasteiger partial charge < -0.3 is 10.1 Å². The molecule has 0 aliphatic heterocycles. The lowest BCUT2D eigenvalue weighted by atomic mass is 10.1. The van der Waals surface area contributed by atoms with Crippen molar-refractivity contribution in [3.8, 4) is 0 Å². The quantitative estimate of drug-likeness (QED) is 0.534. The molecule has 0 heterocycles. The van der Waals surface area contributed by atoms with Gasteiger partial charge in [0, 0.05) is 19.3 Å². The van der Waals surface area contributed by atoms with Gasteiger partial charge in [0.15, 0.2) is 0 Å². The van der Waals surface area contributed by atoms with Crippen molar-refractivity contribution < 1.29 is 4.74 Å². The first-order chi connectivity index (χ1) is 7.31. The highest BCUT2D eigenvalue weighted by Gasteiger charge is 1.98. The topological polar surface area (TPSA) is 21.3 Å². The summed E-state index contributed by atoms with van der Waals surface area (Å²) in [6.45, 7) is 9.65. The molecule has 0 fully saturated rings. The van der Waals surface area contributed by atoms with E-state index in [0.29, 0.717) is 6.04 Å². The number of rotatable bonds is 11. The Hall–Kier alpha value is -0.0800. The minimum absolute atomic E-state index is 0.667. The summed E-state index contributed by atoms with van der Waals surface area (Å²) in [6.07, 6.45) is 7.49. The van der Waals surface area contributed by atoms with E-state index < -0.39 is 0 Å². The molecule has 0 saturated heterocycles. The van der Waals surface area contributed by atoms with E-state index in [-0.39, 0.29) is 0 Å². The van der Waals surface area contributed by atoms with Crippen LogP contribution < -0.4 is 5.32 Å². The van der Waals surface area contributed by atoms with Gasteiger partial charge in [-0.2, -0.15) is 0 Å². The zero-order valence-corrected chi connectivity index (χ0v) is 10.8. The third-order valence-electron chi connectivity index (χ3n) is 2.59. The molecule has 15 heavy (non-hydrogen) atoms. The van der Waals surface area contributed by atoms with Crippen LogP contribution in [-0.2, 0) is 4.74 Å². The average molecular weight is 215 g/mol. The molecule has 0 aliphatic rings. The van der Waals surface area contributed by atoms with Crippen molar-refractivity contribution in [3.05, 3.63) is 0 Å². The second-order valence-corrected chi connectivity index (χ2v) is 4.32. The van der Waals surface area contributed by atoms with Crippen molar-refractivity contribution >= 4 is 0 Å². The Balaban J connectivity index is 3.02. The normalized spacial score (nSPS) is 13.0. The molecule has 0 aliphatic carbocycles. The van der Waals surface area contributed by atoms with Crippen LogP contribution >= 0.6 is 0 Å². The Kier molecular flexibility index (Phi) is 11.9. The number of unbranched alkanes of at least 4 members (excludes halogenated alkanes) is 2. The Morgan fingerprint density at radius 3 is 2.33 bits per heavy atom. The lowest BCUT2D eigenvalue weighted by Crippen LogP contribution is -2.27. The van der Waals surface area contributed by atoms with Gasteiger partial charge in [-0.15, -0.1) is 0 Å². The fourth-order valence-corrected chi connectivity index (χ4v) is 1.48. The summed E-state index contributed by atoms with van der Waals surface area (Å²) in [4.78, 5) is 0. The van der Waals surface area contributed by atoms with Crippen LogP contribution in [0.4, 0.5) is 0 Å². The Morgan fingerprint density at radius 2 is 1.67 bits per heavy atom. The largest absolute Gasteiger partial charge is 0.381 e. The minimum Gasteiger partial charge on any atom is -0.381 e. The molecule has 0 spiro atoms. The van der Waals surface area contributed by atoms with Gasteiger partial charge in [-0.05, 0) is 32.7 Å². The maximum absolute atomic E-state index is 5.50. The molecular weight excluding hydrogens is 186 g/mol. The molecular formula is C13H29NO. The van der Waals surface area contributed by atoms with E-state index in [0.717, 1.165) is 26.2 Å². The number of ether oxygens (including phenoxy) is 1. The molecule has 92 valence electrons. The van der Waals surface area contributed by atoms with Crippen molar-refractivity contribution in [2.75, 3.05) is 19.8 Å². The van der Waals surface area contributed by atoms with Gasteiger partial charge in [-0.1, -0.05) is 33.1 Å². The zero-order chi connectivity index (χ0) is 11.4. The van der Waals surface area contributed by atoms with Crippen LogP contribution in [0.2, 0.25) is 0 Å². The SMILES string of the molecule is CCCCOCCCNC(C)CCCC. The Morgan fingerprint density at radius 1 is 1.00 bits per heavy atom. The average Bonchev–Trinajstić information content (AvgIpc) is 2.25. The number of nitrogens with one attached hydrogen (secondary N) is 1. The molecule has 0 aromatic rings. The predicted octanol–water partition coefficient (Wildman–Crippen LogP) is 3.36. The highest BCUT2D eigenvalue weighted by atomic mass is 16.5. The van der Waals surface area contributed by atoms with Crippen LogP contribution in [0.3, 0.4) is 0 Å². The molecule has 0 saturated carbocycles. The number of hydrogen-bond donors (Lipinski definition) is 1. The highest BCUT2D eigenvalue weighted by Crippen LogP contribution is 1.99. The van der Waals surface area contributed by atoms with Gasteiger partial charge in [-0.3, -0.25) is 0 Å². The standard InChI is InChI=1S/C13H29NO/c1-4-6-9-13(3)14-10-8-12-15-11-7-5-2/h13-14H,4-12H2,1-3H3. The van der Waals surface area contributed by atoms with E-state index in [1.807, 2.05) is 0 Å². The molecule has 0 radical (unpaired) electrons. The molecule has 0 amide bonds. The monoisotopic (exact) mass is 215 g/mol. The zero-order valence-electron chi connectivity index (χ0n) is 10.8. The third-order valence-corrected chi connectivity index (χ3v) is 2.59. The van der Waals surface area contributed by atoms with Gasteiger partial charge in [-0.25, -0.2) is 0 Å². The van der Waals surface area contributed by atoms with Crippen LogP contribution in [-0.4, -0.2) is 25.8 Å². The second-order valence-electron chi connectivity index (χ2n) is 4.32. The van der Waals surface area contributed by atoms with Crippen LogP contribution in [0.15, 0.2) is 0 Å². The predicted molar refractivity (Wildman–Crippen MR) is 67.3 cm³/mol. The van der Waals surface area contributed by atoms with Gasteiger partial charge in [0.25, 0.3) is 0 Å². The molecule has 2 nitrogen and oxygen atoms in total. The van der Waals surface area contributed by atoms with E-state index in [1.165, 1.54) is 32.1 Å². The Labute approximate surface area is 95.8 Å². The first kappa shape index (κ1) is 14.9. The van der Waals surface area contributed by atoms with E-state index in [1.54, 1.807) is 0 Å². The van der Waals surface area contributed by atoms with E-state index in [2.05, 4.69) is 26.1 Å². The van der Waals surface area contributed by atoms with Gasteiger partial charge in [0.05, 0.1) is 0 Å². The summed E-state index contributed by atoms with van der Waals surface area (Å²) in [5.41, 5.74) is 0. The molecule has 2 heteroatoms. The van der Waals surface area contributed by atoms with E-state index in [4.69, 9.17) is 4.74 Å². The highest BCUT2D eigenvalue weighted by molar-refractivity contribution is 4.59. The maximum atomic E-state index is 5.50. The molecule has 0 aromatic carbocycles. The summed E-state index contributed by atoms with van der Waals surface area (Å²) in [7, 11) is 0. The smallest absolute Gasteiger partial charge is 0.0478 e. The van der Waals surface area contributed by atoms with Crippen molar-refractivity contribution in [2.24, 2.45) is 0 Å². The minimum atomic E-state index is 0.667. The molecule has 0 rings (SSSR count). The van der Waals surface area contributed by atoms with Crippen molar-refractivity contribution in [1.29, 1.82) is 0 Å². The molecule has 0 aromatic heterocycles.